The molecular weight excluding hydrogens is 362 g/mol. The summed E-state index contributed by atoms with van der Waals surface area (Å²) < 4.78 is 11.3. The van der Waals surface area contributed by atoms with Crippen LogP contribution in [0.5, 0.6) is 11.5 Å². The van der Waals surface area contributed by atoms with Crippen molar-refractivity contribution in [2.45, 2.75) is 51.8 Å². The first-order valence-corrected chi connectivity index (χ1v) is 10.2. The maximum absolute atomic E-state index is 13.0. The van der Waals surface area contributed by atoms with E-state index >= 15 is 0 Å². The SMILES string of the molecule is COc1cc(C(=O)N2CCCC[C@@H]2[C@@H](C)N)ccc1OCc1csc(C)n1. The predicted octanol–water partition coefficient (Wildman–Crippen LogP) is 3.38. The number of carbonyl (C=O) groups excluding carboxylic acids is 1. The van der Waals surface area contributed by atoms with Crippen molar-refractivity contribution in [2.24, 2.45) is 5.73 Å². The van der Waals surface area contributed by atoms with Crippen LogP contribution < -0.4 is 15.2 Å². The molecule has 1 amide bonds. The highest BCUT2D eigenvalue weighted by Gasteiger charge is 2.30. The van der Waals surface area contributed by atoms with Gasteiger partial charge in [-0.1, -0.05) is 0 Å². The highest BCUT2D eigenvalue weighted by molar-refractivity contribution is 7.09. The number of hydrogen-bond donors (Lipinski definition) is 1. The molecule has 146 valence electrons. The number of hydrogen-bond acceptors (Lipinski definition) is 6. The minimum absolute atomic E-state index is 0.00280. The van der Waals surface area contributed by atoms with E-state index in [4.69, 9.17) is 15.2 Å². The Morgan fingerprint density at radius 3 is 2.89 bits per heavy atom. The summed E-state index contributed by atoms with van der Waals surface area (Å²) in [5.74, 6) is 1.14. The summed E-state index contributed by atoms with van der Waals surface area (Å²) in [5, 5.41) is 2.98. The summed E-state index contributed by atoms with van der Waals surface area (Å²) in [6.45, 7) is 5.04. The molecule has 1 aromatic carbocycles. The molecule has 2 aromatic rings. The normalized spacial score (nSPS) is 18.2. The van der Waals surface area contributed by atoms with Gasteiger partial charge in [0, 0.05) is 29.6 Å². The van der Waals surface area contributed by atoms with Crippen molar-refractivity contribution < 1.29 is 14.3 Å². The van der Waals surface area contributed by atoms with Crippen molar-refractivity contribution >= 4 is 17.2 Å². The molecule has 0 aliphatic carbocycles. The topological polar surface area (TPSA) is 77.7 Å². The van der Waals surface area contributed by atoms with Gasteiger partial charge >= 0.3 is 0 Å². The number of likely N-dealkylation sites (tertiary alicyclic amines) is 1. The maximum atomic E-state index is 13.0. The van der Waals surface area contributed by atoms with Crippen LogP contribution in [-0.2, 0) is 6.61 Å². The summed E-state index contributed by atoms with van der Waals surface area (Å²) in [5.41, 5.74) is 7.58. The van der Waals surface area contributed by atoms with E-state index in [0.717, 1.165) is 36.5 Å². The number of amides is 1. The number of aromatic nitrogens is 1. The largest absolute Gasteiger partial charge is 0.493 e. The molecule has 27 heavy (non-hydrogen) atoms. The number of rotatable bonds is 6. The van der Waals surface area contributed by atoms with Crippen molar-refractivity contribution in [3.05, 3.63) is 39.8 Å². The van der Waals surface area contributed by atoms with Crippen LogP contribution >= 0.6 is 11.3 Å². The monoisotopic (exact) mass is 389 g/mol. The molecule has 0 bridgehead atoms. The molecule has 1 saturated heterocycles. The zero-order valence-corrected chi connectivity index (χ0v) is 16.9. The second-order valence-corrected chi connectivity index (χ2v) is 8.00. The molecule has 2 N–H and O–H groups in total. The molecule has 0 radical (unpaired) electrons. The Morgan fingerprint density at radius 1 is 1.41 bits per heavy atom. The van der Waals surface area contributed by atoms with Gasteiger partial charge in [-0.3, -0.25) is 4.79 Å². The Labute approximate surface area is 164 Å². The Morgan fingerprint density at radius 2 is 2.22 bits per heavy atom. The molecular formula is C20H27N3O3S. The van der Waals surface area contributed by atoms with Crippen LogP contribution in [0.3, 0.4) is 0 Å². The van der Waals surface area contributed by atoms with Crippen LogP contribution in [0.4, 0.5) is 0 Å². The second-order valence-electron chi connectivity index (χ2n) is 6.93. The first-order valence-electron chi connectivity index (χ1n) is 9.28. The van der Waals surface area contributed by atoms with Gasteiger partial charge in [0.25, 0.3) is 5.91 Å². The number of piperidine rings is 1. The lowest BCUT2D eigenvalue weighted by Gasteiger charge is -2.38. The molecule has 1 aliphatic heterocycles. The highest BCUT2D eigenvalue weighted by atomic mass is 32.1. The average molecular weight is 390 g/mol. The molecule has 1 aliphatic rings. The van der Waals surface area contributed by atoms with Crippen molar-refractivity contribution in [1.29, 1.82) is 0 Å². The fourth-order valence-corrected chi connectivity index (χ4v) is 4.07. The number of ether oxygens (including phenoxy) is 2. The molecule has 1 fully saturated rings. The van der Waals surface area contributed by atoms with E-state index in [1.54, 1.807) is 36.6 Å². The van der Waals surface area contributed by atoms with Crippen LogP contribution in [0.1, 0.15) is 47.2 Å². The van der Waals surface area contributed by atoms with Gasteiger partial charge in [0.15, 0.2) is 11.5 Å². The van der Waals surface area contributed by atoms with Gasteiger partial charge in [-0.2, -0.15) is 0 Å². The smallest absolute Gasteiger partial charge is 0.254 e. The van der Waals surface area contributed by atoms with E-state index in [1.807, 2.05) is 24.1 Å². The Balaban J connectivity index is 1.75. The predicted molar refractivity (Wildman–Crippen MR) is 107 cm³/mol. The zero-order chi connectivity index (χ0) is 19.4. The van der Waals surface area contributed by atoms with Gasteiger partial charge in [-0.25, -0.2) is 4.98 Å². The second kappa shape index (κ2) is 8.71. The number of nitrogens with two attached hydrogens (primary N) is 1. The first-order chi connectivity index (χ1) is 13.0. The van der Waals surface area contributed by atoms with Gasteiger partial charge in [0.05, 0.1) is 17.8 Å². The quantitative estimate of drug-likeness (QED) is 0.819. The lowest BCUT2D eigenvalue weighted by Crippen LogP contribution is -2.51. The Kier molecular flexibility index (Phi) is 6.34. The third-order valence-corrected chi connectivity index (χ3v) is 5.69. The lowest BCUT2D eigenvalue weighted by molar-refractivity contribution is 0.0583. The van der Waals surface area contributed by atoms with Gasteiger partial charge in [0.2, 0.25) is 0 Å². The Hall–Kier alpha value is -2.12. The van der Waals surface area contributed by atoms with E-state index in [-0.39, 0.29) is 18.0 Å². The van der Waals surface area contributed by atoms with Gasteiger partial charge < -0.3 is 20.1 Å². The average Bonchev–Trinajstić information content (AvgIpc) is 3.10. The summed E-state index contributed by atoms with van der Waals surface area (Å²) in [6, 6.07) is 5.37. The van der Waals surface area contributed by atoms with Crippen molar-refractivity contribution in [2.75, 3.05) is 13.7 Å². The minimum Gasteiger partial charge on any atom is -0.493 e. The number of aryl methyl sites for hydroxylation is 1. The van der Waals surface area contributed by atoms with Crippen molar-refractivity contribution in [1.82, 2.24) is 9.88 Å². The highest BCUT2D eigenvalue weighted by Crippen LogP contribution is 2.30. The van der Waals surface area contributed by atoms with E-state index in [2.05, 4.69) is 4.98 Å². The molecule has 7 heteroatoms. The first kappa shape index (κ1) is 19.6. The van der Waals surface area contributed by atoms with E-state index < -0.39 is 0 Å². The number of thiazole rings is 1. The fourth-order valence-electron chi connectivity index (χ4n) is 3.47. The van der Waals surface area contributed by atoms with E-state index in [1.165, 1.54) is 0 Å². The number of benzene rings is 1. The standard InChI is InChI=1S/C20H27N3O3S/c1-13(21)17-6-4-5-9-23(17)20(24)15-7-8-18(19(10-15)25-3)26-11-16-12-27-14(2)22-16/h7-8,10,12-13,17H,4-6,9,11,21H2,1-3H3/t13-,17-/m1/s1. The van der Waals surface area contributed by atoms with Gasteiger partial charge in [-0.05, 0) is 51.3 Å². The van der Waals surface area contributed by atoms with Crippen LogP contribution in [-0.4, -0.2) is 41.5 Å². The lowest BCUT2D eigenvalue weighted by atomic mass is 9.96. The van der Waals surface area contributed by atoms with E-state index in [9.17, 15) is 4.79 Å². The van der Waals surface area contributed by atoms with Crippen molar-refractivity contribution in [3.8, 4) is 11.5 Å². The molecule has 2 heterocycles. The van der Waals surface area contributed by atoms with Crippen LogP contribution in [0.25, 0.3) is 0 Å². The molecule has 0 unspecified atom stereocenters. The van der Waals surface area contributed by atoms with Gasteiger partial charge in [-0.15, -0.1) is 11.3 Å². The molecule has 3 rings (SSSR count). The maximum Gasteiger partial charge on any atom is 0.254 e. The van der Waals surface area contributed by atoms with Crippen LogP contribution in [0.2, 0.25) is 0 Å². The number of carbonyl (C=O) groups is 1. The molecule has 6 nitrogen and oxygen atoms in total. The summed E-state index contributed by atoms with van der Waals surface area (Å²) in [7, 11) is 1.58. The van der Waals surface area contributed by atoms with Crippen LogP contribution in [0, 0.1) is 6.92 Å². The number of nitrogens with zero attached hydrogens (tertiary/aromatic N) is 2. The fraction of sp³-hybridized carbons (Fsp3) is 0.500. The zero-order valence-electron chi connectivity index (χ0n) is 16.1. The molecule has 2 atom stereocenters. The summed E-state index contributed by atoms with van der Waals surface area (Å²) in [4.78, 5) is 19.3. The van der Waals surface area contributed by atoms with E-state index in [0.29, 0.717) is 23.7 Å². The van der Waals surface area contributed by atoms with Crippen molar-refractivity contribution in [3.63, 3.8) is 0 Å². The summed E-state index contributed by atoms with van der Waals surface area (Å²) >= 11 is 1.59. The summed E-state index contributed by atoms with van der Waals surface area (Å²) in [6.07, 6.45) is 3.08. The Bertz CT molecular complexity index is 791. The minimum atomic E-state index is -0.0414. The number of methoxy groups -OCH3 is 1. The van der Waals surface area contributed by atoms with Crippen LogP contribution in [0.15, 0.2) is 23.6 Å². The molecule has 1 aromatic heterocycles. The third kappa shape index (κ3) is 4.59. The third-order valence-electron chi connectivity index (χ3n) is 4.87. The molecule has 0 spiro atoms. The van der Waals surface area contributed by atoms with Gasteiger partial charge in [0.1, 0.15) is 6.61 Å². The molecule has 0 saturated carbocycles.